The maximum atomic E-state index is 10.4. The van der Waals surface area contributed by atoms with Crippen LogP contribution in [0, 0.1) is 0 Å². The fraction of sp³-hybridized carbons (Fsp3) is 0.833. The molecular formula is C18H37NO5. The molecule has 0 aliphatic heterocycles. The molecule has 0 rings (SSSR count). The van der Waals surface area contributed by atoms with Crippen LogP contribution in [-0.4, -0.2) is 28.1 Å². The Balaban J connectivity index is -0.000000361. The number of hydrogen-bond acceptors (Lipinski definition) is 3. The molecule has 0 unspecified atom stereocenters. The third-order valence-corrected chi connectivity index (χ3v) is 3.13. The van der Waals surface area contributed by atoms with Crippen LogP contribution in [0.15, 0.2) is 0 Å². The predicted molar refractivity (Wildman–Crippen MR) is 96.9 cm³/mol. The minimum atomic E-state index is -0.745. The number of rotatable bonds is 12. The van der Waals surface area contributed by atoms with E-state index in [9.17, 15) is 14.4 Å². The van der Waals surface area contributed by atoms with E-state index in [4.69, 9.17) is 15.9 Å². The Morgan fingerprint density at radius 1 is 0.667 bits per heavy atom. The van der Waals surface area contributed by atoms with Crippen LogP contribution in [0.3, 0.4) is 0 Å². The number of carbonyl (C=O) groups is 3. The molecule has 0 aliphatic carbocycles. The van der Waals surface area contributed by atoms with Gasteiger partial charge in [-0.2, -0.15) is 0 Å². The van der Waals surface area contributed by atoms with Gasteiger partial charge in [-0.25, -0.2) is 0 Å². The van der Waals surface area contributed by atoms with Gasteiger partial charge in [-0.15, -0.1) is 0 Å². The second kappa shape index (κ2) is 23.7. The van der Waals surface area contributed by atoms with Gasteiger partial charge in [0.1, 0.15) is 0 Å². The monoisotopic (exact) mass is 347 g/mol. The number of primary amides is 1. The smallest absolute Gasteiger partial charge is 0.303 e. The first kappa shape index (κ1) is 27.3. The van der Waals surface area contributed by atoms with E-state index in [-0.39, 0.29) is 18.7 Å². The van der Waals surface area contributed by atoms with Crippen molar-refractivity contribution >= 4 is 17.8 Å². The van der Waals surface area contributed by atoms with Crippen LogP contribution in [0.1, 0.15) is 97.8 Å². The summed E-state index contributed by atoms with van der Waals surface area (Å²) < 4.78 is 0. The van der Waals surface area contributed by atoms with Gasteiger partial charge in [0.05, 0.1) is 0 Å². The summed E-state index contributed by atoms with van der Waals surface area (Å²) >= 11 is 0. The van der Waals surface area contributed by atoms with Gasteiger partial charge in [0.2, 0.25) is 5.91 Å². The first-order valence-electron chi connectivity index (χ1n) is 9.03. The number of hydrogen-bond donors (Lipinski definition) is 3. The Morgan fingerprint density at radius 3 is 1.21 bits per heavy atom. The van der Waals surface area contributed by atoms with Crippen molar-refractivity contribution in [2.45, 2.75) is 97.8 Å². The Morgan fingerprint density at radius 2 is 0.958 bits per heavy atom. The van der Waals surface area contributed by atoms with Crippen LogP contribution >= 0.6 is 0 Å². The van der Waals surface area contributed by atoms with E-state index in [2.05, 4.69) is 6.92 Å². The summed E-state index contributed by atoms with van der Waals surface area (Å²) in [5.74, 6) is -1.65. The number of carbonyl (C=O) groups excluding carboxylic acids is 1. The fourth-order valence-corrected chi connectivity index (χ4v) is 1.61. The summed E-state index contributed by atoms with van der Waals surface area (Å²) in [5, 5.41) is 15.4. The average molecular weight is 347 g/mol. The van der Waals surface area contributed by atoms with Crippen molar-refractivity contribution in [3.63, 3.8) is 0 Å². The van der Waals surface area contributed by atoms with E-state index in [1.807, 2.05) is 0 Å². The standard InChI is InChI=1S/C12H25NO.2C3H6O2/c1-2-3-4-5-6-7-8-9-10-11-12(13)14;2*1-2-3(4)5/h2-11H2,1H3,(H2,13,14);2*2H2,1H3,(H,4,5). The van der Waals surface area contributed by atoms with Crippen LogP contribution in [-0.2, 0) is 14.4 Å². The molecule has 24 heavy (non-hydrogen) atoms. The summed E-state index contributed by atoms with van der Waals surface area (Å²) in [6.45, 7) is 5.44. The molecular weight excluding hydrogens is 310 g/mol. The zero-order chi connectivity index (χ0) is 19.2. The molecule has 0 radical (unpaired) electrons. The summed E-state index contributed by atoms with van der Waals surface area (Å²) in [6.07, 6.45) is 12.6. The van der Waals surface area contributed by atoms with Gasteiger partial charge < -0.3 is 15.9 Å². The minimum Gasteiger partial charge on any atom is -0.481 e. The van der Waals surface area contributed by atoms with Crippen molar-refractivity contribution in [3.8, 4) is 0 Å². The van der Waals surface area contributed by atoms with Crippen molar-refractivity contribution in [1.29, 1.82) is 0 Å². The van der Waals surface area contributed by atoms with Crippen molar-refractivity contribution in [2.75, 3.05) is 0 Å². The Hall–Kier alpha value is -1.59. The summed E-state index contributed by atoms with van der Waals surface area (Å²) in [5.41, 5.74) is 5.05. The quantitative estimate of drug-likeness (QED) is 0.453. The minimum absolute atomic E-state index is 0.159. The van der Waals surface area contributed by atoms with E-state index >= 15 is 0 Å². The summed E-state index contributed by atoms with van der Waals surface area (Å²) in [6, 6.07) is 0. The first-order chi connectivity index (χ1) is 11.3. The lowest BCUT2D eigenvalue weighted by Crippen LogP contribution is -2.09. The second-order valence-corrected chi connectivity index (χ2v) is 5.54. The lowest BCUT2D eigenvalue weighted by Gasteiger charge is -2.00. The van der Waals surface area contributed by atoms with Crippen LogP contribution in [0.2, 0.25) is 0 Å². The zero-order valence-electron chi connectivity index (χ0n) is 15.7. The highest BCUT2D eigenvalue weighted by Crippen LogP contribution is 2.10. The maximum absolute atomic E-state index is 10.4. The summed E-state index contributed by atoms with van der Waals surface area (Å²) in [4.78, 5) is 29.2. The molecule has 0 heterocycles. The first-order valence-corrected chi connectivity index (χ1v) is 9.03. The molecule has 0 bridgehead atoms. The molecule has 0 aromatic rings. The molecule has 144 valence electrons. The molecule has 0 fully saturated rings. The van der Waals surface area contributed by atoms with Crippen molar-refractivity contribution in [1.82, 2.24) is 0 Å². The SMILES string of the molecule is CCC(=O)O.CCC(=O)O.CCCCCCCCCCCC(N)=O. The molecule has 0 aromatic heterocycles. The largest absolute Gasteiger partial charge is 0.481 e. The number of carboxylic acid groups (broad SMARTS) is 2. The second-order valence-electron chi connectivity index (χ2n) is 5.54. The maximum Gasteiger partial charge on any atom is 0.303 e. The molecule has 0 saturated carbocycles. The fourth-order valence-electron chi connectivity index (χ4n) is 1.61. The Labute approximate surface area is 146 Å². The van der Waals surface area contributed by atoms with Gasteiger partial charge >= 0.3 is 11.9 Å². The molecule has 4 N–H and O–H groups in total. The van der Waals surface area contributed by atoms with Crippen LogP contribution < -0.4 is 5.73 Å². The van der Waals surface area contributed by atoms with E-state index < -0.39 is 11.9 Å². The lowest BCUT2D eigenvalue weighted by atomic mass is 10.1. The molecule has 6 nitrogen and oxygen atoms in total. The van der Waals surface area contributed by atoms with Gasteiger partial charge in [-0.3, -0.25) is 14.4 Å². The van der Waals surface area contributed by atoms with Gasteiger partial charge in [-0.1, -0.05) is 72.1 Å². The Kier molecular flexibility index (Phi) is 26.9. The zero-order valence-corrected chi connectivity index (χ0v) is 15.7. The number of nitrogens with two attached hydrogens (primary N) is 1. The van der Waals surface area contributed by atoms with E-state index in [1.165, 1.54) is 44.9 Å². The highest BCUT2D eigenvalue weighted by Gasteiger charge is 1.94. The average Bonchev–Trinajstić information content (AvgIpc) is 2.54. The molecule has 0 aliphatic rings. The van der Waals surface area contributed by atoms with Crippen molar-refractivity contribution in [3.05, 3.63) is 0 Å². The number of amides is 1. The highest BCUT2D eigenvalue weighted by atomic mass is 16.4. The third-order valence-electron chi connectivity index (χ3n) is 3.13. The van der Waals surface area contributed by atoms with Crippen LogP contribution in [0.5, 0.6) is 0 Å². The highest BCUT2D eigenvalue weighted by molar-refractivity contribution is 5.73. The molecule has 0 atom stereocenters. The number of aliphatic carboxylic acids is 2. The number of unbranched alkanes of at least 4 members (excludes halogenated alkanes) is 8. The van der Waals surface area contributed by atoms with E-state index in [0.29, 0.717) is 6.42 Å². The van der Waals surface area contributed by atoms with Crippen LogP contribution in [0.25, 0.3) is 0 Å². The summed E-state index contributed by atoms with van der Waals surface area (Å²) in [7, 11) is 0. The molecule has 0 saturated heterocycles. The predicted octanol–water partition coefficient (Wildman–Crippen LogP) is 4.35. The Bertz CT molecular complexity index is 292. The van der Waals surface area contributed by atoms with Gasteiger partial charge in [0, 0.05) is 19.3 Å². The van der Waals surface area contributed by atoms with E-state index in [0.717, 1.165) is 12.8 Å². The molecule has 1 amide bonds. The van der Waals surface area contributed by atoms with Gasteiger partial charge in [0.15, 0.2) is 0 Å². The van der Waals surface area contributed by atoms with Crippen molar-refractivity contribution in [2.24, 2.45) is 5.73 Å². The lowest BCUT2D eigenvalue weighted by molar-refractivity contribution is -0.137. The van der Waals surface area contributed by atoms with Crippen LogP contribution in [0.4, 0.5) is 0 Å². The normalized spacial score (nSPS) is 9.12. The molecule has 0 aromatic carbocycles. The van der Waals surface area contributed by atoms with Gasteiger partial charge in [-0.05, 0) is 6.42 Å². The van der Waals surface area contributed by atoms with E-state index in [1.54, 1.807) is 13.8 Å². The van der Waals surface area contributed by atoms with Gasteiger partial charge in [0.25, 0.3) is 0 Å². The third kappa shape index (κ3) is 42.8. The topological polar surface area (TPSA) is 118 Å². The van der Waals surface area contributed by atoms with Crippen molar-refractivity contribution < 1.29 is 24.6 Å². The molecule has 6 heteroatoms. The number of carboxylic acids is 2. The molecule has 0 spiro atoms.